The Labute approximate surface area is 123 Å². The van der Waals surface area contributed by atoms with Crippen LogP contribution in [0.2, 0.25) is 0 Å². The number of amides is 1. The Bertz CT molecular complexity index is 474. The highest BCUT2D eigenvalue weighted by molar-refractivity contribution is 5.97. The molecule has 1 amide bonds. The van der Waals surface area contributed by atoms with E-state index in [-0.39, 0.29) is 24.4 Å². The molecule has 21 heavy (non-hydrogen) atoms. The molecule has 0 spiro atoms. The molecule has 0 saturated carbocycles. The van der Waals surface area contributed by atoms with E-state index in [2.05, 4.69) is 10.5 Å². The number of rotatable bonds is 8. The fraction of sp³-hybridized carbons (Fsp3) is 0.429. The van der Waals surface area contributed by atoms with E-state index in [0.717, 1.165) is 0 Å². The predicted octanol–water partition coefficient (Wildman–Crippen LogP) is 0.701. The van der Waals surface area contributed by atoms with Gasteiger partial charge in [-0.2, -0.15) is 0 Å². The zero-order chi connectivity index (χ0) is 15.7. The van der Waals surface area contributed by atoms with Crippen LogP contribution in [0.3, 0.4) is 0 Å². The van der Waals surface area contributed by atoms with Crippen molar-refractivity contribution in [3.05, 3.63) is 29.8 Å². The lowest BCUT2D eigenvalue weighted by atomic mass is 10.2. The average Bonchev–Trinajstić information content (AvgIpc) is 2.50. The van der Waals surface area contributed by atoms with Gasteiger partial charge in [0, 0.05) is 18.2 Å². The van der Waals surface area contributed by atoms with Crippen molar-refractivity contribution in [2.45, 2.75) is 19.9 Å². The second-order valence-corrected chi connectivity index (χ2v) is 4.43. The van der Waals surface area contributed by atoms with E-state index < -0.39 is 0 Å². The Hall–Kier alpha value is -2.28. The van der Waals surface area contributed by atoms with Gasteiger partial charge in [-0.1, -0.05) is 5.16 Å². The van der Waals surface area contributed by atoms with Crippen LogP contribution in [0.25, 0.3) is 0 Å². The SMILES string of the molecule is CCOCC(C)NC(=O)COc1ccc(C(N)=NO)cc1. The number of ether oxygens (including phenoxy) is 2. The molecule has 7 nitrogen and oxygen atoms in total. The lowest BCUT2D eigenvalue weighted by Gasteiger charge is -2.14. The normalized spacial score (nSPS) is 12.8. The fourth-order valence-corrected chi connectivity index (χ4v) is 1.58. The summed E-state index contributed by atoms with van der Waals surface area (Å²) in [7, 11) is 0. The minimum absolute atomic E-state index is 0.0176. The molecule has 0 aliphatic carbocycles. The number of carbonyl (C=O) groups excluding carboxylic acids is 1. The van der Waals surface area contributed by atoms with Crippen molar-refractivity contribution in [1.29, 1.82) is 0 Å². The van der Waals surface area contributed by atoms with E-state index in [1.54, 1.807) is 24.3 Å². The number of nitrogens with zero attached hydrogens (tertiary/aromatic N) is 1. The van der Waals surface area contributed by atoms with E-state index in [9.17, 15) is 4.79 Å². The molecule has 0 aromatic heterocycles. The van der Waals surface area contributed by atoms with Crippen LogP contribution in [0.5, 0.6) is 5.75 Å². The summed E-state index contributed by atoms with van der Waals surface area (Å²) >= 11 is 0. The molecule has 1 unspecified atom stereocenters. The third kappa shape index (κ3) is 6.13. The molecule has 0 saturated heterocycles. The summed E-state index contributed by atoms with van der Waals surface area (Å²) < 4.78 is 10.6. The van der Waals surface area contributed by atoms with Crippen molar-refractivity contribution < 1.29 is 19.5 Å². The van der Waals surface area contributed by atoms with Crippen molar-refractivity contribution in [3.63, 3.8) is 0 Å². The van der Waals surface area contributed by atoms with Gasteiger partial charge in [-0.3, -0.25) is 4.79 Å². The summed E-state index contributed by atoms with van der Waals surface area (Å²) in [4.78, 5) is 11.6. The van der Waals surface area contributed by atoms with Crippen molar-refractivity contribution >= 4 is 11.7 Å². The van der Waals surface area contributed by atoms with Gasteiger partial charge in [-0.25, -0.2) is 0 Å². The summed E-state index contributed by atoms with van der Waals surface area (Å²) in [6, 6.07) is 6.50. The second-order valence-electron chi connectivity index (χ2n) is 4.43. The number of carbonyl (C=O) groups is 1. The number of oxime groups is 1. The number of amidine groups is 1. The largest absolute Gasteiger partial charge is 0.484 e. The van der Waals surface area contributed by atoms with Crippen LogP contribution in [0.1, 0.15) is 19.4 Å². The maximum Gasteiger partial charge on any atom is 0.258 e. The van der Waals surface area contributed by atoms with Gasteiger partial charge >= 0.3 is 0 Å². The maximum absolute atomic E-state index is 11.6. The number of nitrogens with two attached hydrogens (primary N) is 1. The number of hydrogen-bond donors (Lipinski definition) is 3. The van der Waals surface area contributed by atoms with E-state index in [4.69, 9.17) is 20.4 Å². The topological polar surface area (TPSA) is 106 Å². The molecule has 0 bridgehead atoms. The molecule has 4 N–H and O–H groups in total. The first-order valence-corrected chi connectivity index (χ1v) is 6.64. The first-order chi connectivity index (χ1) is 10.1. The summed E-state index contributed by atoms with van der Waals surface area (Å²) in [5.74, 6) is 0.323. The summed E-state index contributed by atoms with van der Waals surface area (Å²) in [6.45, 7) is 4.76. The smallest absolute Gasteiger partial charge is 0.258 e. The third-order valence-electron chi connectivity index (χ3n) is 2.61. The molecule has 1 rings (SSSR count). The molecule has 7 heteroatoms. The number of benzene rings is 1. The molecule has 0 fully saturated rings. The van der Waals surface area contributed by atoms with Crippen molar-refractivity contribution in [1.82, 2.24) is 5.32 Å². The standard InChI is InChI=1S/C14H21N3O4/c1-3-20-8-10(2)16-13(18)9-21-12-6-4-11(5-7-12)14(15)17-19/h4-7,10,19H,3,8-9H2,1-2H3,(H2,15,17)(H,16,18). The van der Waals surface area contributed by atoms with Gasteiger partial charge in [-0.15, -0.1) is 0 Å². The second kappa shape index (κ2) is 8.80. The summed E-state index contributed by atoms with van der Waals surface area (Å²) in [5.41, 5.74) is 6.01. The minimum Gasteiger partial charge on any atom is -0.484 e. The molecule has 1 atom stereocenters. The van der Waals surface area contributed by atoms with Crippen LogP contribution in [-0.2, 0) is 9.53 Å². The van der Waals surface area contributed by atoms with E-state index >= 15 is 0 Å². The van der Waals surface area contributed by atoms with Gasteiger partial charge in [0.15, 0.2) is 12.4 Å². The Kier molecular flexibility index (Phi) is 7.03. The molecule has 0 heterocycles. The van der Waals surface area contributed by atoms with Gasteiger partial charge in [0.25, 0.3) is 5.91 Å². The fourth-order valence-electron chi connectivity index (χ4n) is 1.58. The van der Waals surface area contributed by atoms with E-state index in [0.29, 0.717) is 24.5 Å². The van der Waals surface area contributed by atoms with Crippen molar-refractivity contribution in [3.8, 4) is 5.75 Å². The average molecular weight is 295 g/mol. The van der Waals surface area contributed by atoms with Gasteiger partial charge < -0.3 is 25.7 Å². The zero-order valence-electron chi connectivity index (χ0n) is 12.2. The van der Waals surface area contributed by atoms with Gasteiger partial charge in [0.1, 0.15) is 5.75 Å². The lowest BCUT2D eigenvalue weighted by Crippen LogP contribution is -2.38. The Morgan fingerprint density at radius 1 is 1.43 bits per heavy atom. The van der Waals surface area contributed by atoms with Crippen molar-refractivity contribution in [2.24, 2.45) is 10.9 Å². The predicted molar refractivity (Wildman–Crippen MR) is 78.5 cm³/mol. The first-order valence-electron chi connectivity index (χ1n) is 6.64. The Morgan fingerprint density at radius 2 is 2.10 bits per heavy atom. The molecule has 1 aromatic rings. The van der Waals surface area contributed by atoms with Crippen molar-refractivity contribution in [2.75, 3.05) is 19.8 Å². The first kappa shape index (κ1) is 16.8. The number of nitrogens with one attached hydrogen (secondary N) is 1. The Balaban J connectivity index is 2.39. The molecule has 116 valence electrons. The number of hydrogen-bond acceptors (Lipinski definition) is 5. The molecule has 1 aromatic carbocycles. The maximum atomic E-state index is 11.6. The third-order valence-corrected chi connectivity index (χ3v) is 2.61. The highest BCUT2D eigenvalue weighted by Gasteiger charge is 2.08. The molecule has 0 radical (unpaired) electrons. The van der Waals surface area contributed by atoms with Crippen LogP contribution in [0.15, 0.2) is 29.4 Å². The zero-order valence-corrected chi connectivity index (χ0v) is 12.2. The summed E-state index contributed by atoms with van der Waals surface area (Å²) in [5, 5.41) is 14.2. The Morgan fingerprint density at radius 3 is 2.67 bits per heavy atom. The highest BCUT2D eigenvalue weighted by atomic mass is 16.5. The molecular formula is C14H21N3O4. The van der Waals surface area contributed by atoms with Crippen LogP contribution in [-0.4, -0.2) is 42.8 Å². The van der Waals surface area contributed by atoms with Gasteiger partial charge in [0.05, 0.1) is 6.61 Å². The van der Waals surface area contributed by atoms with E-state index in [1.807, 2.05) is 13.8 Å². The molecular weight excluding hydrogens is 274 g/mol. The quantitative estimate of drug-likeness (QED) is 0.283. The van der Waals surface area contributed by atoms with Crippen LogP contribution < -0.4 is 15.8 Å². The summed E-state index contributed by atoms with van der Waals surface area (Å²) in [6.07, 6.45) is 0. The highest BCUT2D eigenvalue weighted by Crippen LogP contribution is 2.11. The van der Waals surface area contributed by atoms with Crippen LogP contribution in [0.4, 0.5) is 0 Å². The van der Waals surface area contributed by atoms with Gasteiger partial charge in [0.2, 0.25) is 0 Å². The minimum atomic E-state index is -0.220. The molecule has 0 aliphatic heterocycles. The van der Waals surface area contributed by atoms with E-state index in [1.165, 1.54) is 0 Å². The monoisotopic (exact) mass is 295 g/mol. The molecule has 0 aliphatic rings. The lowest BCUT2D eigenvalue weighted by molar-refractivity contribution is -0.124. The van der Waals surface area contributed by atoms with Gasteiger partial charge in [-0.05, 0) is 38.1 Å². The van der Waals surface area contributed by atoms with Crippen LogP contribution in [0, 0.1) is 0 Å². The van der Waals surface area contributed by atoms with Crippen LogP contribution >= 0.6 is 0 Å².